The molecule has 2 rings (SSSR count). The van der Waals surface area contributed by atoms with Gasteiger partial charge in [0.05, 0.1) is 10.6 Å². The molecule has 0 aliphatic carbocycles. The first-order chi connectivity index (χ1) is 8.09. The number of hydrogen-bond acceptors (Lipinski definition) is 2. The summed E-state index contributed by atoms with van der Waals surface area (Å²) < 4.78 is 0. The van der Waals surface area contributed by atoms with Gasteiger partial charge in [-0.3, -0.25) is 0 Å². The zero-order chi connectivity index (χ0) is 12.4. The van der Waals surface area contributed by atoms with Gasteiger partial charge in [0.15, 0.2) is 0 Å². The minimum atomic E-state index is -1.08. The number of anilines is 1. The summed E-state index contributed by atoms with van der Waals surface area (Å²) in [5.41, 5.74) is 7.90. The standard InChI is InChI=1S/C13H10ClNO2/c14-11-6-9(8-4-2-1-3-5-8)12(15)7-10(11)13(16)17/h1-7H,15H2,(H,16,17). The maximum atomic E-state index is 10.9. The van der Waals surface area contributed by atoms with Crippen LogP contribution in [0.4, 0.5) is 5.69 Å². The van der Waals surface area contributed by atoms with E-state index in [9.17, 15) is 4.79 Å². The quantitative estimate of drug-likeness (QED) is 0.801. The van der Waals surface area contributed by atoms with Crippen LogP contribution in [0, 0.1) is 0 Å². The van der Waals surface area contributed by atoms with Crippen LogP contribution in [0.2, 0.25) is 5.02 Å². The highest BCUT2D eigenvalue weighted by molar-refractivity contribution is 6.34. The third kappa shape index (κ3) is 2.24. The van der Waals surface area contributed by atoms with Gasteiger partial charge in [0, 0.05) is 11.3 Å². The molecule has 0 heterocycles. The highest BCUT2D eigenvalue weighted by Crippen LogP contribution is 2.31. The van der Waals surface area contributed by atoms with Gasteiger partial charge in [0.1, 0.15) is 0 Å². The largest absolute Gasteiger partial charge is 0.478 e. The van der Waals surface area contributed by atoms with E-state index < -0.39 is 5.97 Å². The summed E-state index contributed by atoms with van der Waals surface area (Å²) in [4.78, 5) is 10.9. The SMILES string of the molecule is Nc1cc(C(=O)O)c(Cl)cc1-c1ccccc1. The molecule has 0 bridgehead atoms. The maximum Gasteiger partial charge on any atom is 0.337 e. The molecule has 2 aromatic rings. The molecule has 4 heteroatoms. The summed E-state index contributed by atoms with van der Waals surface area (Å²) in [7, 11) is 0. The Morgan fingerprint density at radius 3 is 2.41 bits per heavy atom. The summed E-state index contributed by atoms with van der Waals surface area (Å²) in [5.74, 6) is -1.08. The molecule has 0 unspecified atom stereocenters. The lowest BCUT2D eigenvalue weighted by molar-refractivity contribution is 0.0697. The van der Waals surface area contributed by atoms with Gasteiger partial charge in [0.2, 0.25) is 0 Å². The second-order valence-electron chi connectivity index (χ2n) is 3.59. The van der Waals surface area contributed by atoms with E-state index in [1.165, 1.54) is 6.07 Å². The van der Waals surface area contributed by atoms with Crippen molar-refractivity contribution in [1.29, 1.82) is 0 Å². The smallest absolute Gasteiger partial charge is 0.337 e. The van der Waals surface area contributed by atoms with Crippen LogP contribution >= 0.6 is 11.6 Å². The Bertz CT molecular complexity index is 567. The Labute approximate surface area is 103 Å². The van der Waals surface area contributed by atoms with Crippen molar-refractivity contribution in [3.8, 4) is 11.1 Å². The van der Waals surface area contributed by atoms with Crippen molar-refractivity contribution < 1.29 is 9.90 Å². The average molecular weight is 248 g/mol. The van der Waals surface area contributed by atoms with Crippen molar-refractivity contribution in [3.05, 3.63) is 53.1 Å². The Morgan fingerprint density at radius 2 is 1.82 bits per heavy atom. The number of benzene rings is 2. The normalized spacial score (nSPS) is 10.2. The second-order valence-corrected chi connectivity index (χ2v) is 4.00. The summed E-state index contributed by atoms with van der Waals surface area (Å²) >= 11 is 5.91. The third-order valence-corrected chi connectivity index (χ3v) is 2.77. The van der Waals surface area contributed by atoms with E-state index in [4.69, 9.17) is 22.4 Å². The fourth-order valence-corrected chi connectivity index (χ4v) is 1.87. The Balaban J connectivity index is 2.58. The van der Waals surface area contributed by atoms with Crippen molar-refractivity contribution in [1.82, 2.24) is 0 Å². The van der Waals surface area contributed by atoms with Gasteiger partial charge in [-0.15, -0.1) is 0 Å². The van der Waals surface area contributed by atoms with E-state index in [1.807, 2.05) is 30.3 Å². The molecule has 17 heavy (non-hydrogen) atoms. The summed E-state index contributed by atoms with van der Waals surface area (Å²) in [5, 5.41) is 9.10. The summed E-state index contributed by atoms with van der Waals surface area (Å²) in [6.07, 6.45) is 0. The van der Waals surface area contributed by atoms with E-state index in [0.717, 1.165) is 11.1 Å². The molecular formula is C13H10ClNO2. The minimum Gasteiger partial charge on any atom is -0.478 e. The number of carboxylic acids is 1. The molecule has 3 nitrogen and oxygen atoms in total. The zero-order valence-electron chi connectivity index (χ0n) is 8.85. The number of nitrogen functional groups attached to an aromatic ring is 1. The summed E-state index contributed by atoms with van der Waals surface area (Å²) in [6.45, 7) is 0. The van der Waals surface area contributed by atoms with E-state index in [1.54, 1.807) is 6.07 Å². The predicted octanol–water partition coefficient (Wildman–Crippen LogP) is 3.29. The molecule has 0 fully saturated rings. The maximum absolute atomic E-state index is 10.9. The van der Waals surface area contributed by atoms with Crippen molar-refractivity contribution in [2.45, 2.75) is 0 Å². The van der Waals surface area contributed by atoms with Crippen LogP contribution in [0.3, 0.4) is 0 Å². The van der Waals surface area contributed by atoms with E-state index in [0.29, 0.717) is 5.69 Å². The molecule has 0 aliphatic heterocycles. The first-order valence-electron chi connectivity index (χ1n) is 4.97. The van der Waals surface area contributed by atoms with Crippen molar-refractivity contribution in [2.24, 2.45) is 0 Å². The van der Waals surface area contributed by atoms with Gasteiger partial charge < -0.3 is 10.8 Å². The fourth-order valence-electron chi connectivity index (χ4n) is 1.62. The van der Waals surface area contributed by atoms with Gasteiger partial charge >= 0.3 is 5.97 Å². The first kappa shape index (κ1) is 11.5. The molecule has 0 aliphatic rings. The van der Waals surface area contributed by atoms with E-state index in [-0.39, 0.29) is 10.6 Å². The Morgan fingerprint density at radius 1 is 1.18 bits per heavy atom. The minimum absolute atomic E-state index is 0.0175. The topological polar surface area (TPSA) is 63.3 Å². The molecule has 0 amide bonds. The monoisotopic (exact) mass is 247 g/mol. The first-order valence-corrected chi connectivity index (χ1v) is 5.35. The predicted molar refractivity (Wildman–Crippen MR) is 68.3 cm³/mol. The molecule has 86 valence electrons. The van der Waals surface area contributed by atoms with Crippen LogP contribution in [0.5, 0.6) is 0 Å². The van der Waals surface area contributed by atoms with Crippen LogP contribution in [-0.4, -0.2) is 11.1 Å². The lowest BCUT2D eigenvalue weighted by atomic mass is 10.0. The van der Waals surface area contributed by atoms with Crippen molar-refractivity contribution in [2.75, 3.05) is 5.73 Å². The molecule has 0 saturated heterocycles. The highest BCUT2D eigenvalue weighted by atomic mass is 35.5. The lowest BCUT2D eigenvalue weighted by Gasteiger charge is -2.08. The summed E-state index contributed by atoms with van der Waals surface area (Å²) in [6, 6.07) is 12.4. The molecule has 0 atom stereocenters. The third-order valence-electron chi connectivity index (χ3n) is 2.45. The number of nitrogens with two attached hydrogens (primary N) is 1. The second kappa shape index (κ2) is 4.47. The Kier molecular flexibility index (Phi) is 3.02. The molecular weight excluding hydrogens is 238 g/mol. The molecule has 3 N–H and O–H groups in total. The molecule has 0 saturated carbocycles. The van der Waals surface area contributed by atoms with Crippen LogP contribution in [0.25, 0.3) is 11.1 Å². The fraction of sp³-hybridized carbons (Fsp3) is 0. The lowest BCUT2D eigenvalue weighted by Crippen LogP contribution is -2.00. The van der Waals surface area contributed by atoms with Crippen molar-refractivity contribution >= 4 is 23.3 Å². The molecule has 0 aromatic heterocycles. The Hall–Kier alpha value is -2.00. The number of aromatic carboxylic acids is 1. The van der Waals surface area contributed by atoms with Gasteiger partial charge in [-0.05, 0) is 17.7 Å². The number of carbonyl (C=O) groups is 1. The number of hydrogen-bond donors (Lipinski definition) is 2. The molecule has 0 spiro atoms. The van der Waals surface area contributed by atoms with Crippen LogP contribution in [0.1, 0.15) is 10.4 Å². The van der Waals surface area contributed by atoms with Gasteiger partial charge in [0.25, 0.3) is 0 Å². The van der Waals surface area contributed by atoms with Crippen LogP contribution < -0.4 is 5.73 Å². The van der Waals surface area contributed by atoms with Gasteiger partial charge in [-0.2, -0.15) is 0 Å². The van der Waals surface area contributed by atoms with Crippen LogP contribution in [-0.2, 0) is 0 Å². The highest BCUT2D eigenvalue weighted by Gasteiger charge is 2.12. The molecule has 2 aromatic carbocycles. The number of rotatable bonds is 2. The molecule has 0 radical (unpaired) electrons. The van der Waals surface area contributed by atoms with Gasteiger partial charge in [-0.25, -0.2) is 4.79 Å². The van der Waals surface area contributed by atoms with Crippen molar-refractivity contribution in [3.63, 3.8) is 0 Å². The zero-order valence-corrected chi connectivity index (χ0v) is 9.61. The van der Waals surface area contributed by atoms with E-state index in [2.05, 4.69) is 0 Å². The van der Waals surface area contributed by atoms with Gasteiger partial charge in [-0.1, -0.05) is 41.9 Å². The number of carboxylic acid groups (broad SMARTS) is 1. The number of halogens is 1. The van der Waals surface area contributed by atoms with E-state index >= 15 is 0 Å². The van der Waals surface area contributed by atoms with Crippen LogP contribution in [0.15, 0.2) is 42.5 Å². The average Bonchev–Trinajstić information content (AvgIpc) is 2.32.